The van der Waals surface area contributed by atoms with Gasteiger partial charge in [0.1, 0.15) is 0 Å². The van der Waals surface area contributed by atoms with E-state index in [4.69, 9.17) is 28.2 Å². The minimum Gasteiger partial charge on any atom is -0.322 e. The minimum atomic E-state index is -0.191. The van der Waals surface area contributed by atoms with Gasteiger partial charge in [-0.05, 0) is 74.7 Å². The van der Waals surface area contributed by atoms with Gasteiger partial charge in [-0.2, -0.15) is 0 Å². The lowest BCUT2D eigenvalue weighted by Crippen LogP contribution is -2.16. The summed E-state index contributed by atoms with van der Waals surface area (Å²) in [5, 5.41) is 5.12. The van der Waals surface area contributed by atoms with Gasteiger partial charge in [0, 0.05) is 26.7 Å². The Morgan fingerprint density at radius 3 is 2.39 bits per heavy atom. The van der Waals surface area contributed by atoms with Crippen LogP contribution >= 0.6 is 23.2 Å². The molecule has 0 spiro atoms. The number of aromatic nitrogens is 1. The molecular formula is C26H22Cl2N2O. The van der Waals surface area contributed by atoms with E-state index < -0.39 is 0 Å². The van der Waals surface area contributed by atoms with Crippen LogP contribution in [0.15, 0.2) is 54.6 Å². The second-order valence-corrected chi connectivity index (χ2v) is 8.66. The van der Waals surface area contributed by atoms with E-state index in [-0.39, 0.29) is 5.91 Å². The monoisotopic (exact) mass is 448 g/mol. The molecule has 1 heterocycles. The number of halogens is 2. The standard InChI is InChI=1S/C26H22Cl2N2O/c1-14-11-15(2)24-20(12-14)23(26(31)29-22-10-6-9-21(28)16(22)3)17(4)25(30-24)18-7-5-8-19(27)13-18/h5-13H,1-4H3,(H,29,31). The zero-order chi connectivity index (χ0) is 22.3. The first-order valence-corrected chi connectivity index (χ1v) is 10.8. The van der Waals surface area contributed by atoms with E-state index >= 15 is 0 Å². The Labute approximate surface area is 192 Å². The molecule has 0 unspecified atom stereocenters. The fourth-order valence-electron chi connectivity index (χ4n) is 3.95. The van der Waals surface area contributed by atoms with Gasteiger partial charge in [-0.1, -0.05) is 53.0 Å². The van der Waals surface area contributed by atoms with Gasteiger partial charge in [0.25, 0.3) is 5.91 Å². The maximum atomic E-state index is 13.6. The SMILES string of the molecule is Cc1cc(C)c2nc(-c3cccc(Cl)c3)c(C)c(C(=O)Nc3cccc(Cl)c3C)c2c1. The molecule has 5 heteroatoms. The largest absolute Gasteiger partial charge is 0.322 e. The van der Waals surface area contributed by atoms with Crippen molar-refractivity contribution in [3.63, 3.8) is 0 Å². The van der Waals surface area contributed by atoms with Gasteiger partial charge in [-0.15, -0.1) is 0 Å². The number of fused-ring (bicyclic) bond motifs is 1. The van der Waals surface area contributed by atoms with Crippen LogP contribution in [0, 0.1) is 27.7 Å². The van der Waals surface area contributed by atoms with Crippen molar-refractivity contribution in [3.8, 4) is 11.3 Å². The molecule has 0 bridgehead atoms. The quantitative estimate of drug-likeness (QED) is 0.348. The van der Waals surface area contributed by atoms with Crippen LogP contribution in [-0.4, -0.2) is 10.9 Å². The zero-order valence-electron chi connectivity index (χ0n) is 17.8. The second-order valence-electron chi connectivity index (χ2n) is 7.82. The Bertz CT molecular complexity index is 1350. The predicted molar refractivity (Wildman–Crippen MR) is 131 cm³/mol. The summed E-state index contributed by atoms with van der Waals surface area (Å²) in [4.78, 5) is 18.5. The molecule has 31 heavy (non-hydrogen) atoms. The molecule has 0 saturated heterocycles. The molecular weight excluding hydrogens is 427 g/mol. The Morgan fingerprint density at radius 2 is 1.65 bits per heavy atom. The van der Waals surface area contributed by atoms with Crippen molar-refractivity contribution in [2.45, 2.75) is 27.7 Å². The van der Waals surface area contributed by atoms with Crippen molar-refractivity contribution in [1.82, 2.24) is 4.98 Å². The van der Waals surface area contributed by atoms with Gasteiger partial charge < -0.3 is 5.32 Å². The van der Waals surface area contributed by atoms with Crippen LogP contribution in [-0.2, 0) is 0 Å². The first kappa shape index (κ1) is 21.4. The van der Waals surface area contributed by atoms with Crippen molar-refractivity contribution in [3.05, 3.63) is 92.5 Å². The van der Waals surface area contributed by atoms with Crippen molar-refractivity contribution in [1.29, 1.82) is 0 Å². The van der Waals surface area contributed by atoms with Crippen LogP contribution in [0.3, 0.4) is 0 Å². The molecule has 0 aliphatic rings. The lowest BCUT2D eigenvalue weighted by atomic mass is 9.94. The van der Waals surface area contributed by atoms with Crippen molar-refractivity contribution in [2.24, 2.45) is 0 Å². The van der Waals surface area contributed by atoms with Crippen LogP contribution in [0.4, 0.5) is 5.69 Å². The average Bonchev–Trinajstić information content (AvgIpc) is 2.71. The summed E-state index contributed by atoms with van der Waals surface area (Å²) < 4.78 is 0. The summed E-state index contributed by atoms with van der Waals surface area (Å²) >= 11 is 12.5. The third-order valence-corrected chi connectivity index (χ3v) is 6.15. The molecule has 1 N–H and O–H groups in total. The molecule has 1 amide bonds. The summed E-state index contributed by atoms with van der Waals surface area (Å²) in [6.07, 6.45) is 0. The van der Waals surface area contributed by atoms with E-state index in [1.54, 1.807) is 0 Å². The molecule has 0 radical (unpaired) electrons. The molecule has 4 aromatic rings. The third kappa shape index (κ3) is 4.04. The molecule has 3 nitrogen and oxygen atoms in total. The molecule has 0 aliphatic carbocycles. The Morgan fingerprint density at radius 1 is 0.903 bits per heavy atom. The predicted octanol–water partition coefficient (Wildman–Crippen LogP) is 7.69. The van der Waals surface area contributed by atoms with Gasteiger partial charge in [-0.3, -0.25) is 4.79 Å². The summed E-state index contributed by atoms with van der Waals surface area (Å²) in [6, 6.07) is 17.1. The number of rotatable bonds is 3. The molecule has 0 atom stereocenters. The fraction of sp³-hybridized carbons (Fsp3) is 0.154. The maximum absolute atomic E-state index is 13.6. The van der Waals surface area contributed by atoms with Gasteiger partial charge in [-0.25, -0.2) is 4.98 Å². The third-order valence-electron chi connectivity index (χ3n) is 5.51. The number of carbonyl (C=O) groups excluding carboxylic acids is 1. The molecule has 1 aromatic heterocycles. The zero-order valence-corrected chi connectivity index (χ0v) is 19.3. The molecule has 3 aromatic carbocycles. The highest BCUT2D eigenvalue weighted by Gasteiger charge is 2.21. The highest BCUT2D eigenvalue weighted by Crippen LogP contribution is 2.33. The molecule has 156 valence electrons. The number of nitrogens with one attached hydrogen (secondary N) is 1. The highest BCUT2D eigenvalue weighted by atomic mass is 35.5. The van der Waals surface area contributed by atoms with E-state index in [1.807, 2.05) is 76.2 Å². The summed E-state index contributed by atoms with van der Waals surface area (Å²) in [5.74, 6) is -0.191. The molecule has 4 rings (SSSR count). The number of amides is 1. The average molecular weight is 449 g/mol. The number of hydrogen-bond donors (Lipinski definition) is 1. The number of nitrogens with zero attached hydrogens (tertiary/aromatic N) is 1. The van der Waals surface area contributed by atoms with E-state index in [9.17, 15) is 4.79 Å². The summed E-state index contributed by atoms with van der Waals surface area (Å²) in [7, 11) is 0. The number of hydrogen-bond acceptors (Lipinski definition) is 2. The Balaban J connectivity index is 1.97. The summed E-state index contributed by atoms with van der Waals surface area (Å²) in [6.45, 7) is 7.86. The van der Waals surface area contributed by atoms with E-state index in [1.165, 1.54) is 0 Å². The van der Waals surface area contributed by atoms with E-state index in [2.05, 4.69) is 11.4 Å². The molecule has 0 saturated carbocycles. The first-order valence-electron chi connectivity index (χ1n) is 10.00. The van der Waals surface area contributed by atoms with Crippen molar-refractivity contribution < 1.29 is 4.79 Å². The number of benzene rings is 3. The van der Waals surface area contributed by atoms with Crippen LogP contribution in [0.5, 0.6) is 0 Å². The van der Waals surface area contributed by atoms with Gasteiger partial charge in [0.15, 0.2) is 0 Å². The van der Waals surface area contributed by atoms with Crippen LogP contribution < -0.4 is 5.32 Å². The normalized spacial score (nSPS) is 11.0. The topological polar surface area (TPSA) is 42.0 Å². The maximum Gasteiger partial charge on any atom is 0.256 e. The second kappa shape index (κ2) is 8.33. The van der Waals surface area contributed by atoms with Gasteiger partial charge in [0.2, 0.25) is 0 Å². The summed E-state index contributed by atoms with van der Waals surface area (Å²) in [5.41, 5.74) is 7.45. The molecule has 0 fully saturated rings. The number of pyridine rings is 1. The number of aryl methyl sites for hydroxylation is 2. The molecule has 0 aliphatic heterocycles. The fourth-order valence-corrected chi connectivity index (χ4v) is 4.32. The van der Waals surface area contributed by atoms with Crippen LogP contribution in [0.25, 0.3) is 22.2 Å². The Kier molecular flexibility index (Phi) is 5.74. The van der Waals surface area contributed by atoms with Gasteiger partial charge >= 0.3 is 0 Å². The lowest BCUT2D eigenvalue weighted by molar-refractivity contribution is 0.102. The van der Waals surface area contributed by atoms with Crippen molar-refractivity contribution >= 4 is 45.7 Å². The van der Waals surface area contributed by atoms with E-state index in [0.717, 1.165) is 44.4 Å². The number of carbonyl (C=O) groups is 1. The highest BCUT2D eigenvalue weighted by molar-refractivity contribution is 6.32. The lowest BCUT2D eigenvalue weighted by Gasteiger charge is -2.17. The first-order chi connectivity index (χ1) is 14.8. The smallest absolute Gasteiger partial charge is 0.256 e. The Hall–Kier alpha value is -2.88. The van der Waals surface area contributed by atoms with E-state index in [0.29, 0.717) is 21.3 Å². The van der Waals surface area contributed by atoms with Gasteiger partial charge in [0.05, 0.1) is 16.8 Å². The van der Waals surface area contributed by atoms with Crippen LogP contribution in [0.2, 0.25) is 10.0 Å². The minimum absolute atomic E-state index is 0.191. The number of anilines is 1. The van der Waals surface area contributed by atoms with Crippen molar-refractivity contribution in [2.75, 3.05) is 5.32 Å². The van der Waals surface area contributed by atoms with Crippen LogP contribution in [0.1, 0.15) is 32.6 Å².